The number of halogens is 3. The molecule has 0 saturated carbocycles. The maximum Gasteiger partial charge on any atom is 0.372 e. The van der Waals surface area contributed by atoms with E-state index in [2.05, 4.69) is 80.1 Å². The minimum absolute atomic E-state index is 0.0274. The van der Waals surface area contributed by atoms with E-state index in [1.54, 1.807) is 74.5 Å². The number of nitro groups is 3. The molecule has 8 rings (SSSR count). The molecule has 1 aliphatic heterocycles. The zero-order valence-corrected chi connectivity index (χ0v) is 48.1. The van der Waals surface area contributed by atoms with Crippen LogP contribution in [0.25, 0.3) is 0 Å². The number of carbonyl (C=O) groups excluding carboxylic acids is 5. The fourth-order valence-corrected chi connectivity index (χ4v) is 7.65. The highest BCUT2D eigenvalue weighted by Crippen LogP contribution is 2.36. The van der Waals surface area contributed by atoms with Crippen LogP contribution in [0.15, 0.2) is 98.1 Å². The van der Waals surface area contributed by atoms with Gasteiger partial charge in [-0.25, -0.2) is 49.1 Å². The van der Waals surface area contributed by atoms with Gasteiger partial charge in [0.25, 0.3) is 11.8 Å². The Morgan fingerprint density at radius 2 is 0.895 bits per heavy atom. The number of amides is 1. The van der Waals surface area contributed by atoms with E-state index >= 15 is 0 Å². The Hall–Kier alpha value is -10.6. The smallest absolute Gasteiger partial charge is 0.372 e. The van der Waals surface area contributed by atoms with Gasteiger partial charge in [-0.1, -0.05) is 71.2 Å². The van der Waals surface area contributed by atoms with Crippen molar-refractivity contribution in [2.45, 2.75) is 38.9 Å². The van der Waals surface area contributed by atoms with Crippen molar-refractivity contribution in [3.63, 3.8) is 0 Å². The van der Waals surface area contributed by atoms with Crippen molar-refractivity contribution in [1.82, 2.24) is 39.9 Å². The van der Waals surface area contributed by atoms with Crippen molar-refractivity contribution in [2.24, 2.45) is 0 Å². The topological polar surface area (TPSA) is 421 Å². The van der Waals surface area contributed by atoms with E-state index in [1.807, 2.05) is 19.1 Å². The molecule has 1 aliphatic rings. The SMILES string of the molecule is COC(=O)COc1ncnc(N[C@@H](C)c2ccc(C(=O)OC)cc2)c1[N+](=O)[O-].COC(=O)c1ccc([C@H](C)Nc2ncnc(Cl)c2[N+](=O)[O-])cc1.COC(=O)c1ccc([C@H](C)Nc2ncnc3c2NC(=O)CO3)cc1.O=[N+]([O-])c1c(Cl)ncnc1Cl. The van der Waals surface area contributed by atoms with Crippen LogP contribution < -0.4 is 30.7 Å². The molecule has 0 unspecified atom stereocenters. The summed E-state index contributed by atoms with van der Waals surface area (Å²) in [6.07, 6.45) is 4.64. The lowest BCUT2D eigenvalue weighted by Gasteiger charge is -2.21. The molecule has 450 valence electrons. The van der Waals surface area contributed by atoms with Gasteiger partial charge in [0.05, 0.1) is 78.0 Å². The summed E-state index contributed by atoms with van der Waals surface area (Å²) in [5.41, 5.74) is 2.84. The first-order valence-corrected chi connectivity index (χ1v) is 25.4. The number of nitrogens with one attached hydrogen (secondary N) is 4. The number of aromatic nitrogens is 8. The highest BCUT2D eigenvalue weighted by atomic mass is 35.5. The molecule has 0 fully saturated rings. The Labute approximate surface area is 500 Å². The number of methoxy groups -OCH3 is 4. The molecule has 35 heteroatoms. The lowest BCUT2D eigenvalue weighted by molar-refractivity contribution is -0.385. The summed E-state index contributed by atoms with van der Waals surface area (Å²) in [5, 5.41) is 43.7. The average molecular weight is 1250 g/mol. The molecule has 7 aromatic rings. The lowest BCUT2D eigenvalue weighted by atomic mass is 10.1. The van der Waals surface area contributed by atoms with Crippen molar-refractivity contribution in [2.75, 3.05) is 62.9 Å². The minimum Gasteiger partial charge on any atom is -0.466 e. The molecule has 3 aromatic carbocycles. The van der Waals surface area contributed by atoms with Crippen molar-refractivity contribution < 1.29 is 67.2 Å². The standard InChI is InChI=1S/C17H18N4O7.C16H16N4O4.C14H13ClN4O4.C4HCl2N3O2/c1-10(11-4-6-12(7-5-11)17(23)27-3)20-15-14(21(24)25)16(19-9-18-15)28-8-13(22)26-2;1-9(10-3-5-11(6-4-10)16(22)23-2)19-14-13-15(18-8-17-14)24-7-12(21)20-13;1-8(9-3-5-10(6-4-9)14(20)23-2)18-13-11(19(21)22)12(15)16-7-17-13;5-3-2(9(10)11)4(6)8-1-7-3/h4-7,9-10H,8H2,1-3H3,(H,18,19,20);3-6,8-9H,7H2,1-2H3,(H,20,21)(H,17,18,19);3-8H,1-2H3,(H,16,17,18);1H/t10-;9-;8-;/m000./s1. The fourth-order valence-electron chi connectivity index (χ4n) is 6.99. The van der Waals surface area contributed by atoms with E-state index in [-0.39, 0.29) is 69.2 Å². The Kier molecular flexibility index (Phi) is 24.4. The van der Waals surface area contributed by atoms with Crippen LogP contribution in [-0.4, -0.2) is 126 Å². The van der Waals surface area contributed by atoms with Gasteiger partial charge in [-0.05, 0) is 73.9 Å². The number of ether oxygens (including phenoxy) is 6. The Balaban J connectivity index is 0.000000217. The first-order valence-electron chi connectivity index (χ1n) is 24.3. The third-order valence-electron chi connectivity index (χ3n) is 11.4. The van der Waals surface area contributed by atoms with Gasteiger partial charge in [0.1, 0.15) is 31.0 Å². The van der Waals surface area contributed by atoms with Gasteiger partial charge in [0.2, 0.25) is 33.0 Å². The van der Waals surface area contributed by atoms with Crippen LogP contribution in [0.2, 0.25) is 15.5 Å². The Morgan fingerprint density at radius 3 is 1.29 bits per heavy atom. The maximum absolute atomic E-state index is 11.5. The maximum atomic E-state index is 11.5. The first-order chi connectivity index (χ1) is 41.0. The van der Waals surface area contributed by atoms with E-state index in [0.29, 0.717) is 34.1 Å². The molecular weight excluding hydrogens is 1200 g/mol. The van der Waals surface area contributed by atoms with Crippen molar-refractivity contribution in [1.29, 1.82) is 0 Å². The third-order valence-corrected chi connectivity index (χ3v) is 12.2. The van der Waals surface area contributed by atoms with Crippen LogP contribution >= 0.6 is 34.8 Å². The fraction of sp³-hybridized carbons (Fsp3) is 0.235. The van der Waals surface area contributed by atoms with Crippen molar-refractivity contribution in [3.8, 4) is 11.8 Å². The number of esters is 4. The molecule has 0 saturated heterocycles. The quantitative estimate of drug-likeness (QED) is 0.0206. The van der Waals surface area contributed by atoms with E-state index in [0.717, 1.165) is 35.7 Å². The molecule has 32 nitrogen and oxygen atoms in total. The summed E-state index contributed by atoms with van der Waals surface area (Å²) >= 11 is 16.4. The van der Waals surface area contributed by atoms with Gasteiger partial charge in [-0.3, -0.25) is 35.1 Å². The molecule has 0 aliphatic carbocycles. The average Bonchev–Trinajstić information content (AvgIpc) is 2.30. The normalized spacial score (nSPS) is 11.9. The number of anilines is 4. The number of benzene rings is 3. The highest BCUT2D eigenvalue weighted by Gasteiger charge is 2.28. The third kappa shape index (κ3) is 18.2. The molecule has 0 bridgehead atoms. The van der Waals surface area contributed by atoms with Crippen LogP contribution in [0.1, 0.15) is 86.7 Å². The second kappa shape index (κ2) is 31.7. The molecule has 3 atom stereocenters. The zero-order valence-electron chi connectivity index (χ0n) is 45.9. The molecule has 4 aromatic heterocycles. The predicted octanol–water partition coefficient (Wildman–Crippen LogP) is 8.35. The van der Waals surface area contributed by atoms with Crippen molar-refractivity contribution >= 4 is 105 Å². The van der Waals surface area contributed by atoms with E-state index in [1.165, 1.54) is 34.8 Å². The molecular formula is C51H48Cl3N15O17. The Morgan fingerprint density at radius 1 is 0.535 bits per heavy atom. The molecule has 86 heavy (non-hydrogen) atoms. The predicted molar refractivity (Wildman–Crippen MR) is 304 cm³/mol. The molecule has 1 amide bonds. The van der Waals surface area contributed by atoms with Gasteiger partial charge < -0.3 is 49.7 Å². The van der Waals surface area contributed by atoms with E-state index < -0.39 is 56.7 Å². The van der Waals surface area contributed by atoms with Crippen LogP contribution in [0.4, 0.5) is 40.2 Å². The number of carbonyl (C=O) groups is 5. The van der Waals surface area contributed by atoms with E-state index in [4.69, 9.17) is 44.3 Å². The number of rotatable bonds is 18. The second-order valence-corrected chi connectivity index (χ2v) is 17.9. The number of fused-ring (bicyclic) bond motifs is 1. The largest absolute Gasteiger partial charge is 0.466 e. The molecule has 5 heterocycles. The second-order valence-electron chi connectivity index (χ2n) is 16.9. The number of hydrogen-bond donors (Lipinski definition) is 4. The summed E-state index contributed by atoms with van der Waals surface area (Å²) in [6.45, 7) is 4.90. The summed E-state index contributed by atoms with van der Waals surface area (Å²) in [6, 6.07) is 19.4. The Bertz CT molecular complexity index is 3580. The summed E-state index contributed by atoms with van der Waals surface area (Å²) < 4.78 is 28.7. The van der Waals surface area contributed by atoms with Gasteiger partial charge in [-0.2, -0.15) is 9.97 Å². The molecule has 0 radical (unpaired) electrons. The monoisotopic (exact) mass is 1250 g/mol. The lowest BCUT2D eigenvalue weighted by Crippen LogP contribution is -2.27. The van der Waals surface area contributed by atoms with Gasteiger partial charge in [-0.15, -0.1) is 0 Å². The summed E-state index contributed by atoms with van der Waals surface area (Å²) in [7, 11) is 5.10. The first kappa shape index (κ1) is 66.2. The van der Waals surface area contributed by atoms with Crippen LogP contribution in [0.3, 0.4) is 0 Å². The van der Waals surface area contributed by atoms with Crippen LogP contribution in [0.5, 0.6) is 11.8 Å². The van der Waals surface area contributed by atoms with Crippen LogP contribution in [-0.2, 0) is 28.5 Å². The van der Waals surface area contributed by atoms with Gasteiger partial charge >= 0.3 is 40.9 Å². The zero-order chi connectivity index (χ0) is 63.2. The van der Waals surface area contributed by atoms with Gasteiger partial charge in [0, 0.05) is 0 Å². The minimum atomic E-state index is -0.731. The number of hydrogen-bond acceptors (Lipinski definition) is 28. The van der Waals surface area contributed by atoms with Gasteiger partial charge in [0.15, 0.2) is 19.0 Å². The molecule has 4 N–H and O–H groups in total. The van der Waals surface area contributed by atoms with Crippen molar-refractivity contribution in [3.05, 3.63) is 177 Å². The van der Waals surface area contributed by atoms with E-state index in [9.17, 15) is 54.3 Å². The molecule has 0 spiro atoms. The number of nitrogens with zero attached hydrogens (tertiary/aromatic N) is 11. The van der Waals surface area contributed by atoms with Crippen LogP contribution in [0, 0.1) is 30.3 Å². The summed E-state index contributed by atoms with van der Waals surface area (Å²) in [4.78, 5) is 118. The summed E-state index contributed by atoms with van der Waals surface area (Å²) in [5.74, 6) is -1.85. The highest BCUT2D eigenvalue weighted by molar-refractivity contribution is 6.36.